The Labute approximate surface area is 178 Å². The van der Waals surface area contributed by atoms with Crippen LogP contribution in [0.4, 0.5) is 11.6 Å². The molecule has 0 atom stereocenters. The van der Waals surface area contributed by atoms with Gasteiger partial charge in [-0.05, 0) is 39.7 Å². The highest BCUT2D eigenvalue weighted by molar-refractivity contribution is 5.59. The normalized spacial score (nSPS) is 14.9. The van der Waals surface area contributed by atoms with Crippen LogP contribution in [0.5, 0.6) is 0 Å². The summed E-state index contributed by atoms with van der Waals surface area (Å²) in [6, 6.07) is 1.95. The molecule has 158 valence electrons. The number of anilines is 2. The van der Waals surface area contributed by atoms with Crippen LogP contribution in [0.1, 0.15) is 48.6 Å². The van der Waals surface area contributed by atoms with E-state index in [0.29, 0.717) is 12.5 Å². The van der Waals surface area contributed by atoms with Crippen molar-refractivity contribution < 1.29 is 0 Å². The first-order chi connectivity index (χ1) is 14.6. The lowest BCUT2D eigenvalue weighted by Gasteiger charge is -2.33. The summed E-state index contributed by atoms with van der Waals surface area (Å²) in [5.74, 6) is 4.40. The monoisotopic (exact) mass is 406 g/mol. The fourth-order valence-corrected chi connectivity index (χ4v) is 4.22. The lowest BCUT2D eigenvalue weighted by molar-refractivity contribution is 0.481. The molecule has 0 saturated carbocycles. The van der Waals surface area contributed by atoms with Gasteiger partial charge in [-0.25, -0.2) is 24.9 Å². The van der Waals surface area contributed by atoms with E-state index < -0.39 is 0 Å². The summed E-state index contributed by atoms with van der Waals surface area (Å²) in [6.45, 7) is 9.79. The molecule has 8 heteroatoms. The van der Waals surface area contributed by atoms with E-state index in [1.165, 1.54) is 0 Å². The Bertz CT molecular complexity index is 990. The van der Waals surface area contributed by atoms with Gasteiger partial charge in [0.1, 0.15) is 29.6 Å². The van der Waals surface area contributed by atoms with Crippen molar-refractivity contribution in [1.29, 1.82) is 0 Å². The second kappa shape index (κ2) is 8.77. The predicted octanol–water partition coefficient (Wildman–Crippen LogP) is 3.12. The molecule has 0 unspecified atom stereocenters. The highest BCUT2D eigenvalue weighted by Crippen LogP contribution is 2.31. The number of rotatable bonds is 6. The Hall–Kier alpha value is -3.03. The zero-order valence-electron chi connectivity index (χ0n) is 18.3. The van der Waals surface area contributed by atoms with Crippen molar-refractivity contribution >= 4 is 11.6 Å². The number of hydrogen-bond donors (Lipinski definition) is 0. The second-order valence-electron chi connectivity index (χ2n) is 7.95. The molecule has 1 aliphatic rings. The standard InChI is InChI=1S/C22H30N8/c1-5-29-13-10-23-19(29)14-28(4)21-17(3)22(26-15-25-21)30-11-7-18(8-12-30)20-24-9-6-16(2)27-20/h6,9-10,13,15,18H,5,7-8,11-12,14H2,1-4H3. The van der Waals surface area contributed by atoms with Crippen molar-refractivity contribution in [3.8, 4) is 0 Å². The molecule has 1 fully saturated rings. The topological polar surface area (TPSA) is 75.9 Å². The Balaban J connectivity index is 1.47. The van der Waals surface area contributed by atoms with Gasteiger partial charge >= 0.3 is 0 Å². The third-order valence-corrected chi connectivity index (χ3v) is 5.89. The van der Waals surface area contributed by atoms with Gasteiger partial charge in [0.05, 0.1) is 6.54 Å². The average Bonchev–Trinajstić information content (AvgIpc) is 3.21. The third kappa shape index (κ3) is 4.13. The van der Waals surface area contributed by atoms with Crippen LogP contribution in [0.25, 0.3) is 0 Å². The van der Waals surface area contributed by atoms with E-state index >= 15 is 0 Å². The van der Waals surface area contributed by atoms with E-state index in [4.69, 9.17) is 0 Å². The maximum Gasteiger partial charge on any atom is 0.137 e. The van der Waals surface area contributed by atoms with Crippen LogP contribution in [0.3, 0.4) is 0 Å². The molecular weight excluding hydrogens is 376 g/mol. The molecule has 0 amide bonds. The van der Waals surface area contributed by atoms with Crippen LogP contribution in [0.2, 0.25) is 0 Å². The van der Waals surface area contributed by atoms with Crippen molar-refractivity contribution in [2.45, 2.75) is 52.6 Å². The van der Waals surface area contributed by atoms with Gasteiger partial charge in [-0.15, -0.1) is 0 Å². The van der Waals surface area contributed by atoms with E-state index in [2.05, 4.69) is 60.2 Å². The van der Waals surface area contributed by atoms with Gasteiger partial charge < -0.3 is 14.4 Å². The molecule has 0 bridgehead atoms. The van der Waals surface area contributed by atoms with Crippen LogP contribution in [0.15, 0.2) is 31.0 Å². The summed E-state index contributed by atoms with van der Waals surface area (Å²) in [6.07, 6.45) is 9.48. The van der Waals surface area contributed by atoms with Gasteiger partial charge in [0.25, 0.3) is 0 Å². The quantitative estimate of drug-likeness (QED) is 0.622. The molecule has 8 nitrogen and oxygen atoms in total. The number of piperidine rings is 1. The Morgan fingerprint density at radius 1 is 1.07 bits per heavy atom. The molecular formula is C22H30N8. The third-order valence-electron chi connectivity index (χ3n) is 5.89. The van der Waals surface area contributed by atoms with Gasteiger partial charge in [0.2, 0.25) is 0 Å². The van der Waals surface area contributed by atoms with Crippen LogP contribution in [-0.4, -0.2) is 49.6 Å². The molecule has 0 spiro atoms. The summed E-state index contributed by atoms with van der Waals surface area (Å²) >= 11 is 0. The highest BCUT2D eigenvalue weighted by Gasteiger charge is 2.25. The minimum Gasteiger partial charge on any atom is -0.356 e. The first kappa shape index (κ1) is 20.3. The molecule has 0 aliphatic carbocycles. The molecule has 4 rings (SSSR count). The number of nitrogens with zero attached hydrogens (tertiary/aromatic N) is 8. The average molecular weight is 407 g/mol. The van der Waals surface area contributed by atoms with Crippen LogP contribution in [-0.2, 0) is 13.1 Å². The van der Waals surface area contributed by atoms with Crippen molar-refractivity contribution in [3.05, 3.63) is 53.9 Å². The van der Waals surface area contributed by atoms with Crippen molar-refractivity contribution in [1.82, 2.24) is 29.5 Å². The first-order valence-electron chi connectivity index (χ1n) is 10.6. The molecule has 3 aromatic heterocycles. The lowest BCUT2D eigenvalue weighted by atomic mass is 9.95. The van der Waals surface area contributed by atoms with Crippen molar-refractivity contribution in [2.24, 2.45) is 0 Å². The molecule has 0 N–H and O–H groups in total. The summed E-state index contributed by atoms with van der Waals surface area (Å²) in [4.78, 5) is 27.3. The minimum atomic E-state index is 0.415. The zero-order chi connectivity index (χ0) is 21.1. The minimum absolute atomic E-state index is 0.415. The highest BCUT2D eigenvalue weighted by atomic mass is 15.2. The smallest absolute Gasteiger partial charge is 0.137 e. The molecule has 0 radical (unpaired) electrons. The van der Waals surface area contributed by atoms with Crippen LogP contribution >= 0.6 is 0 Å². The molecule has 4 heterocycles. The fourth-order valence-electron chi connectivity index (χ4n) is 4.22. The van der Waals surface area contributed by atoms with E-state index in [1.807, 2.05) is 31.6 Å². The second-order valence-corrected chi connectivity index (χ2v) is 7.95. The van der Waals surface area contributed by atoms with Gasteiger partial charge in [0, 0.05) is 62.4 Å². The van der Waals surface area contributed by atoms with Gasteiger partial charge in [-0.3, -0.25) is 0 Å². The molecule has 0 aromatic carbocycles. The van der Waals surface area contributed by atoms with Gasteiger partial charge in [0.15, 0.2) is 0 Å². The number of imidazole rings is 1. The van der Waals surface area contributed by atoms with E-state index in [0.717, 1.165) is 67.0 Å². The van der Waals surface area contributed by atoms with Gasteiger partial charge in [-0.1, -0.05) is 0 Å². The summed E-state index contributed by atoms with van der Waals surface area (Å²) in [5, 5.41) is 0. The lowest BCUT2D eigenvalue weighted by Crippen LogP contribution is -2.35. The van der Waals surface area contributed by atoms with Crippen molar-refractivity contribution in [2.75, 3.05) is 29.9 Å². The molecule has 30 heavy (non-hydrogen) atoms. The number of hydrogen-bond acceptors (Lipinski definition) is 7. The summed E-state index contributed by atoms with van der Waals surface area (Å²) in [5.41, 5.74) is 2.14. The van der Waals surface area contributed by atoms with E-state index in [-0.39, 0.29) is 0 Å². The Morgan fingerprint density at radius 3 is 2.60 bits per heavy atom. The Morgan fingerprint density at radius 2 is 1.87 bits per heavy atom. The maximum atomic E-state index is 4.63. The SMILES string of the molecule is CCn1ccnc1CN(C)c1ncnc(N2CCC(c3nccc(C)n3)CC2)c1C. The van der Waals surface area contributed by atoms with E-state index in [9.17, 15) is 0 Å². The molecule has 1 saturated heterocycles. The zero-order valence-corrected chi connectivity index (χ0v) is 18.3. The summed E-state index contributed by atoms with van der Waals surface area (Å²) < 4.78 is 2.16. The summed E-state index contributed by atoms with van der Waals surface area (Å²) in [7, 11) is 2.06. The largest absolute Gasteiger partial charge is 0.356 e. The van der Waals surface area contributed by atoms with Crippen LogP contribution in [0, 0.1) is 13.8 Å². The van der Waals surface area contributed by atoms with E-state index in [1.54, 1.807) is 6.33 Å². The van der Waals surface area contributed by atoms with Gasteiger partial charge in [-0.2, -0.15) is 0 Å². The fraction of sp³-hybridized carbons (Fsp3) is 0.500. The molecule has 1 aliphatic heterocycles. The number of aromatic nitrogens is 6. The molecule has 3 aromatic rings. The van der Waals surface area contributed by atoms with Crippen LogP contribution < -0.4 is 9.80 Å². The first-order valence-corrected chi connectivity index (χ1v) is 10.6. The number of aryl methyl sites for hydroxylation is 2. The maximum absolute atomic E-state index is 4.63. The Kier molecular flexibility index (Phi) is 5.92. The van der Waals surface area contributed by atoms with Crippen molar-refractivity contribution in [3.63, 3.8) is 0 Å². The predicted molar refractivity (Wildman–Crippen MR) is 118 cm³/mol.